The molecule has 2 bridgehead atoms. The Morgan fingerprint density at radius 2 is 1.91 bits per heavy atom. The number of thiophene rings is 1. The summed E-state index contributed by atoms with van der Waals surface area (Å²) in [6, 6.07) is 13.8. The number of fused-ring (bicyclic) bond motifs is 4. The third kappa shape index (κ3) is 4.76. The van der Waals surface area contributed by atoms with Gasteiger partial charge in [-0.2, -0.15) is 0 Å². The third-order valence-corrected chi connectivity index (χ3v) is 8.12. The van der Waals surface area contributed by atoms with Gasteiger partial charge in [0.15, 0.2) is 0 Å². The Morgan fingerprint density at radius 3 is 2.65 bits per heavy atom. The molecule has 5 rings (SSSR count). The Labute approximate surface area is 214 Å². The summed E-state index contributed by atoms with van der Waals surface area (Å²) in [5, 5.41) is 5.28. The van der Waals surface area contributed by atoms with Gasteiger partial charge in [0.25, 0.3) is 17.4 Å². The highest BCUT2D eigenvalue weighted by Gasteiger charge is 2.37. The van der Waals surface area contributed by atoms with Crippen LogP contribution < -0.4 is 10.9 Å². The largest absolute Gasteiger partial charge is 0.336 e. The molecule has 2 aliphatic heterocycles. The van der Waals surface area contributed by atoms with E-state index in [0.717, 1.165) is 21.5 Å². The fraction of sp³-hybridized carbons (Fsp3) is 0.240. The van der Waals surface area contributed by atoms with Crippen molar-refractivity contribution >= 4 is 56.8 Å². The number of pyridine rings is 1. The molecule has 1 saturated heterocycles. The quantitative estimate of drug-likeness (QED) is 0.470. The summed E-state index contributed by atoms with van der Waals surface area (Å²) in [5.74, 6) is -0.317. The number of halogens is 2. The van der Waals surface area contributed by atoms with Crippen molar-refractivity contribution < 1.29 is 9.59 Å². The maximum atomic E-state index is 13.7. The number of rotatable bonds is 4. The van der Waals surface area contributed by atoms with Crippen LogP contribution in [0.15, 0.2) is 68.9 Å². The van der Waals surface area contributed by atoms with E-state index in [4.69, 9.17) is 11.6 Å². The SMILES string of the molecule is O=C(N/C(=C\c1cc(Br)cs1)C(=O)N1CC2CC(C1)c1cccc(=O)n1C2)c1ccc(Cl)cc1. The van der Waals surface area contributed by atoms with E-state index < -0.39 is 0 Å². The van der Waals surface area contributed by atoms with Crippen LogP contribution >= 0.6 is 38.9 Å². The Bertz CT molecular complexity index is 1350. The molecular formula is C25H21BrClN3O3S. The molecule has 2 aliphatic rings. The van der Waals surface area contributed by atoms with Gasteiger partial charge in [0.1, 0.15) is 5.70 Å². The standard InChI is InChI=1S/C25H21BrClN3O3S/c26-18-9-20(34-14-18)10-21(28-24(32)16-4-6-19(27)7-5-16)25(33)29-11-15-8-17(13-29)22-2-1-3-23(31)30(22)12-15/h1-7,9-10,14-15,17H,8,11-13H2,(H,28,32)/b21-10-. The van der Waals surface area contributed by atoms with Crippen molar-refractivity contribution in [1.82, 2.24) is 14.8 Å². The van der Waals surface area contributed by atoms with Crippen LogP contribution in [0.4, 0.5) is 0 Å². The highest BCUT2D eigenvalue weighted by molar-refractivity contribution is 9.10. The van der Waals surface area contributed by atoms with Crippen LogP contribution in [0.5, 0.6) is 0 Å². The summed E-state index contributed by atoms with van der Waals surface area (Å²) in [6.07, 6.45) is 2.66. The monoisotopic (exact) mass is 557 g/mol. The summed E-state index contributed by atoms with van der Waals surface area (Å²) >= 11 is 10.9. The van der Waals surface area contributed by atoms with Crippen molar-refractivity contribution in [3.63, 3.8) is 0 Å². The van der Waals surface area contributed by atoms with Crippen molar-refractivity contribution in [1.29, 1.82) is 0 Å². The van der Waals surface area contributed by atoms with Crippen LogP contribution in [0, 0.1) is 5.92 Å². The minimum absolute atomic E-state index is 0.00561. The van der Waals surface area contributed by atoms with Gasteiger partial charge in [0.2, 0.25) is 0 Å². The lowest BCUT2D eigenvalue weighted by Crippen LogP contribution is -2.50. The average molecular weight is 559 g/mol. The van der Waals surface area contributed by atoms with E-state index in [1.165, 1.54) is 11.3 Å². The van der Waals surface area contributed by atoms with Crippen LogP contribution in [-0.2, 0) is 11.3 Å². The maximum absolute atomic E-state index is 13.7. The minimum Gasteiger partial charge on any atom is -0.336 e. The molecule has 4 heterocycles. The predicted molar refractivity (Wildman–Crippen MR) is 137 cm³/mol. The second-order valence-electron chi connectivity index (χ2n) is 8.59. The van der Waals surface area contributed by atoms with E-state index in [0.29, 0.717) is 30.2 Å². The number of nitrogens with zero attached hydrogens (tertiary/aromatic N) is 2. The van der Waals surface area contributed by atoms with Gasteiger partial charge in [-0.15, -0.1) is 11.3 Å². The molecule has 1 aromatic carbocycles. The van der Waals surface area contributed by atoms with Crippen molar-refractivity contribution in [3.05, 3.63) is 95.6 Å². The first-order chi connectivity index (χ1) is 16.4. The minimum atomic E-state index is -0.374. The molecule has 2 aromatic heterocycles. The van der Waals surface area contributed by atoms with Crippen molar-refractivity contribution in [2.45, 2.75) is 18.9 Å². The van der Waals surface area contributed by atoms with Crippen LogP contribution in [0.25, 0.3) is 6.08 Å². The third-order valence-electron chi connectivity index (χ3n) is 6.23. The van der Waals surface area contributed by atoms with Crippen LogP contribution in [0.1, 0.15) is 33.3 Å². The number of likely N-dealkylation sites (tertiary alicyclic amines) is 1. The zero-order chi connectivity index (χ0) is 23.8. The smallest absolute Gasteiger partial charge is 0.270 e. The molecule has 0 spiro atoms. The second kappa shape index (κ2) is 9.52. The number of benzene rings is 1. The van der Waals surface area contributed by atoms with Gasteiger partial charge in [-0.25, -0.2) is 0 Å². The number of hydrogen-bond donors (Lipinski definition) is 1. The van der Waals surface area contributed by atoms with E-state index in [9.17, 15) is 14.4 Å². The average Bonchev–Trinajstić information content (AvgIpc) is 3.23. The summed E-state index contributed by atoms with van der Waals surface area (Å²) < 4.78 is 2.75. The predicted octanol–water partition coefficient (Wildman–Crippen LogP) is 4.74. The fourth-order valence-electron chi connectivity index (χ4n) is 4.73. The molecule has 6 nitrogen and oxygen atoms in total. The summed E-state index contributed by atoms with van der Waals surface area (Å²) in [7, 11) is 0. The van der Waals surface area contributed by atoms with Crippen LogP contribution in [0.3, 0.4) is 0 Å². The number of piperidine rings is 1. The first kappa shape index (κ1) is 23.1. The van der Waals surface area contributed by atoms with Crippen LogP contribution in [0.2, 0.25) is 5.02 Å². The first-order valence-electron chi connectivity index (χ1n) is 10.9. The molecule has 9 heteroatoms. The van der Waals surface area contributed by atoms with Gasteiger partial charge in [-0.3, -0.25) is 14.4 Å². The molecule has 0 saturated carbocycles. The van der Waals surface area contributed by atoms with E-state index >= 15 is 0 Å². The lowest BCUT2D eigenvalue weighted by molar-refractivity contribution is -0.130. The second-order valence-corrected chi connectivity index (χ2v) is 10.9. The number of carbonyl (C=O) groups is 2. The Morgan fingerprint density at radius 1 is 1.12 bits per heavy atom. The molecule has 2 atom stereocenters. The van der Waals surface area contributed by atoms with E-state index in [1.54, 1.807) is 47.4 Å². The zero-order valence-corrected chi connectivity index (χ0v) is 21.2. The molecule has 0 radical (unpaired) electrons. The van der Waals surface area contributed by atoms with Crippen LogP contribution in [-0.4, -0.2) is 34.4 Å². The van der Waals surface area contributed by atoms with Crippen molar-refractivity contribution in [2.24, 2.45) is 5.92 Å². The van der Waals surface area contributed by atoms with Gasteiger partial charge in [-0.1, -0.05) is 17.7 Å². The Kier molecular flexibility index (Phi) is 6.46. The molecule has 174 valence electrons. The lowest BCUT2D eigenvalue weighted by atomic mass is 9.83. The molecule has 0 aliphatic carbocycles. The van der Waals surface area contributed by atoms with Gasteiger partial charge >= 0.3 is 0 Å². The highest BCUT2D eigenvalue weighted by Crippen LogP contribution is 2.35. The molecule has 3 aromatic rings. The van der Waals surface area contributed by atoms with Gasteiger partial charge in [0.05, 0.1) is 0 Å². The number of hydrogen-bond acceptors (Lipinski definition) is 4. The Balaban J connectivity index is 1.43. The molecule has 34 heavy (non-hydrogen) atoms. The topological polar surface area (TPSA) is 71.4 Å². The van der Waals surface area contributed by atoms with E-state index in [2.05, 4.69) is 21.2 Å². The lowest BCUT2D eigenvalue weighted by Gasteiger charge is -2.43. The van der Waals surface area contributed by atoms with Gasteiger partial charge in [-0.05, 0) is 70.7 Å². The molecular weight excluding hydrogens is 538 g/mol. The number of amides is 2. The zero-order valence-electron chi connectivity index (χ0n) is 18.0. The summed E-state index contributed by atoms with van der Waals surface area (Å²) in [5.41, 5.74) is 1.62. The van der Waals surface area contributed by atoms with E-state index in [1.807, 2.05) is 22.1 Å². The van der Waals surface area contributed by atoms with Gasteiger partial charge < -0.3 is 14.8 Å². The van der Waals surface area contributed by atoms with E-state index in [-0.39, 0.29) is 34.9 Å². The fourth-order valence-corrected chi connectivity index (χ4v) is 6.23. The molecule has 1 fully saturated rings. The molecule has 1 N–H and O–H groups in total. The molecule has 2 unspecified atom stereocenters. The highest BCUT2D eigenvalue weighted by atomic mass is 79.9. The number of aromatic nitrogens is 1. The first-order valence-corrected chi connectivity index (χ1v) is 12.9. The number of nitrogens with one attached hydrogen (secondary N) is 1. The summed E-state index contributed by atoms with van der Waals surface area (Å²) in [6.45, 7) is 1.64. The maximum Gasteiger partial charge on any atom is 0.270 e. The normalized spacial score (nSPS) is 19.5. The molecule has 2 amide bonds. The Hall–Kier alpha value is -2.68. The number of carbonyl (C=O) groups excluding carboxylic acids is 2. The van der Waals surface area contributed by atoms with Gasteiger partial charge in [0, 0.05) is 62.6 Å². The summed E-state index contributed by atoms with van der Waals surface area (Å²) in [4.78, 5) is 41.6. The van der Waals surface area contributed by atoms with Crippen molar-refractivity contribution in [3.8, 4) is 0 Å². The van der Waals surface area contributed by atoms with Crippen molar-refractivity contribution in [2.75, 3.05) is 13.1 Å².